The minimum Gasteiger partial charge on any atom is -0.439 e. The van der Waals surface area contributed by atoms with Crippen LogP contribution in [0.3, 0.4) is 0 Å². The Kier molecular flexibility index (Phi) is 4.86. The Morgan fingerprint density at radius 1 is 1.08 bits per heavy atom. The topological polar surface area (TPSA) is 32.5 Å². The molecule has 4 nitrogen and oxygen atoms in total. The van der Waals surface area contributed by atoms with Gasteiger partial charge in [-0.1, -0.05) is 19.1 Å². The van der Waals surface area contributed by atoms with E-state index in [-0.39, 0.29) is 0 Å². The molecule has 0 N–H and O–H groups in total. The second kappa shape index (κ2) is 7.24. The third-order valence-electron chi connectivity index (χ3n) is 5.69. The van der Waals surface area contributed by atoms with Gasteiger partial charge >= 0.3 is 0 Å². The van der Waals surface area contributed by atoms with Crippen molar-refractivity contribution in [3.05, 3.63) is 30.2 Å². The van der Waals surface area contributed by atoms with Gasteiger partial charge in [-0.05, 0) is 69.3 Å². The highest BCUT2D eigenvalue weighted by Crippen LogP contribution is 2.23. The van der Waals surface area contributed by atoms with E-state index in [1.54, 1.807) is 0 Å². The molecule has 2 aliphatic heterocycles. The molecule has 2 aromatic rings. The van der Waals surface area contributed by atoms with Crippen molar-refractivity contribution in [2.24, 2.45) is 11.8 Å². The zero-order chi connectivity index (χ0) is 16.4. The molecule has 1 atom stereocenters. The number of rotatable bonds is 4. The Labute approximate surface area is 144 Å². The van der Waals surface area contributed by atoms with Crippen molar-refractivity contribution in [2.45, 2.75) is 39.2 Å². The zero-order valence-corrected chi connectivity index (χ0v) is 14.8. The van der Waals surface area contributed by atoms with Crippen molar-refractivity contribution < 1.29 is 4.42 Å². The lowest BCUT2D eigenvalue weighted by molar-refractivity contribution is 0.104. The zero-order valence-electron chi connectivity index (χ0n) is 14.8. The van der Waals surface area contributed by atoms with Crippen LogP contribution in [0.15, 0.2) is 28.7 Å². The molecule has 1 aromatic carbocycles. The molecular formula is C20H29N3O. The van der Waals surface area contributed by atoms with Crippen LogP contribution in [0.4, 0.5) is 0 Å². The molecule has 2 aliphatic rings. The van der Waals surface area contributed by atoms with Gasteiger partial charge in [-0.15, -0.1) is 0 Å². The first-order chi connectivity index (χ1) is 11.8. The standard InChI is InChI=1S/C20H29N3O/c1-16-8-11-22(12-9-16)13-17-5-4-10-23(14-17)15-20-21-18-6-2-3-7-19(18)24-20/h2-3,6-7,16-17H,4-5,8-15H2,1H3/t17-/m0/s1. The SMILES string of the molecule is CC1CCN(C[C@@H]2CCCN(Cc3nc4ccccc4o3)C2)CC1. The number of hydrogen-bond acceptors (Lipinski definition) is 4. The summed E-state index contributed by atoms with van der Waals surface area (Å²) in [5.74, 6) is 2.59. The Balaban J connectivity index is 1.33. The number of benzene rings is 1. The molecule has 0 bridgehead atoms. The normalized spacial score (nSPS) is 24.6. The third kappa shape index (κ3) is 3.81. The van der Waals surface area contributed by atoms with E-state index in [2.05, 4.69) is 21.7 Å². The molecular weight excluding hydrogens is 298 g/mol. The lowest BCUT2D eigenvalue weighted by Crippen LogP contribution is -2.43. The number of hydrogen-bond donors (Lipinski definition) is 0. The molecule has 1 aromatic heterocycles. The number of oxazole rings is 1. The summed E-state index contributed by atoms with van der Waals surface area (Å²) in [4.78, 5) is 9.86. The average Bonchev–Trinajstić information content (AvgIpc) is 2.99. The van der Waals surface area contributed by atoms with Gasteiger partial charge in [0.15, 0.2) is 5.58 Å². The Hall–Kier alpha value is -1.39. The van der Waals surface area contributed by atoms with Crippen molar-refractivity contribution in [2.75, 3.05) is 32.7 Å². The number of likely N-dealkylation sites (tertiary alicyclic amines) is 2. The van der Waals surface area contributed by atoms with Crippen molar-refractivity contribution >= 4 is 11.1 Å². The van der Waals surface area contributed by atoms with Crippen LogP contribution in [0.1, 0.15) is 38.5 Å². The fourth-order valence-corrected chi connectivity index (χ4v) is 4.23. The summed E-state index contributed by atoms with van der Waals surface area (Å²) in [6, 6.07) is 8.06. The fourth-order valence-electron chi connectivity index (χ4n) is 4.23. The quantitative estimate of drug-likeness (QED) is 0.856. The molecule has 130 valence electrons. The van der Waals surface area contributed by atoms with Gasteiger partial charge in [0.05, 0.1) is 6.54 Å². The first kappa shape index (κ1) is 16.1. The van der Waals surface area contributed by atoms with Gasteiger partial charge in [0.25, 0.3) is 0 Å². The molecule has 2 saturated heterocycles. The van der Waals surface area contributed by atoms with Crippen LogP contribution in [0.5, 0.6) is 0 Å². The highest BCUT2D eigenvalue weighted by Gasteiger charge is 2.25. The summed E-state index contributed by atoms with van der Waals surface area (Å²) in [7, 11) is 0. The average molecular weight is 327 g/mol. The monoisotopic (exact) mass is 327 g/mol. The molecule has 0 spiro atoms. The number of nitrogens with zero attached hydrogens (tertiary/aromatic N) is 3. The van der Waals surface area contributed by atoms with Crippen molar-refractivity contribution in [1.29, 1.82) is 0 Å². The van der Waals surface area contributed by atoms with Gasteiger partial charge in [-0.25, -0.2) is 4.98 Å². The molecule has 0 unspecified atom stereocenters. The van der Waals surface area contributed by atoms with Gasteiger partial charge in [0.1, 0.15) is 5.52 Å². The Morgan fingerprint density at radius 3 is 2.75 bits per heavy atom. The van der Waals surface area contributed by atoms with Crippen LogP contribution in [-0.2, 0) is 6.54 Å². The smallest absolute Gasteiger partial charge is 0.209 e. The third-order valence-corrected chi connectivity index (χ3v) is 5.69. The van der Waals surface area contributed by atoms with Crippen molar-refractivity contribution in [3.8, 4) is 0 Å². The van der Waals surface area contributed by atoms with E-state index >= 15 is 0 Å². The van der Waals surface area contributed by atoms with E-state index in [4.69, 9.17) is 4.42 Å². The minimum absolute atomic E-state index is 0.802. The Bertz CT molecular complexity index is 627. The second-order valence-corrected chi connectivity index (χ2v) is 7.80. The van der Waals surface area contributed by atoms with E-state index in [1.165, 1.54) is 58.4 Å². The summed E-state index contributed by atoms with van der Waals surface area (Å²) >= 11 is 0. The van der Waals surface area contributed by atoms with Crippen LogP contribution in [-0.4, -0.2) is 47.5 Å². The summed E-state index contributed by atoms with van der Waals surface area (Å²) in [5.41, 5.74) is 1.88. The number of piperidine rings is 2. The molecule has 0 saturated carbocycles. The lowest BCUT2D eigenvalue weighted by Gasteiger charge is -2.37. The molecule has 24 heavy (non-hydrogen) atoms. The summed E-state index contributed by atoms with van der Waals surface area (Å²) < 4.78 is 5.90. The largest absolute Gasteiger partial charge is 0.439 e. The van der Waals surface area contributed by atoms with Crippen LogP contribution >= 0.6 is 0 Å². The number of para-hydroxylation sites is 2. The van der Waals surface area contributed by atoms with Crippen LogP contribution in [0.25, 0.3) is 11.1 Å². The van der Waals surface area contributed by atoms with Gasteiger partial charge in [0, 0.05) is 13.1 Å². The number of fused-ring (bicyclic) bond motifs is 1. The van der Waals surface area contributed by atoms with E-state index in [1.807, 2.05) is 24.3 Å². The summed E-state index contributed by atoms with van der Waals surface area (Å²) in [5, 5.41) is 0. The van der Waals surface area contributed by atoms with Gasteiger partial charge in [0.2, 0.25) is 5.89 Å². The predicted octanol–water partition coefficient (Wildman–Crippen LogP) is 3.77. The van der Waals surface area contributed by atoms with Gasteiger partial charge in [-0.2, -0.15) is 0 Å². The molecule has 0 aliphatic carbocycles. The number of aromatic nitrogens is 1. The lowest BCUT2D eigenvalue weighted by atomic mass is 9.94. The molecule has 0 radical (unpaired) electrons. The second-order valence-electron chi connectivity index (χ2n) is 7.80. The molecule has 0 amide bonds. The molecule has 4 heteroatoms. The van der Waals surface area contributed by atoms with Crippen LogP contribution in [0, 0.1) is 11.8 Å². The van der Waals surface area contributed by atoms with Crippen LogP contribution < -0.4 is 0 Å². The summed E-state index contributed by atoms with van der Waals surface area (Å²) in [6.07, 6.45) is 5.42. The molecule has 4 rings (SSSR count). The first-order valence-electron chi connectivity index (χ1n) is 9.55. The van der Waals surface area contributed by atoms with Crippen LogP contribution in [0.2, 0.25) is 0 Å². The highest BCUT2D eigenvalue weighted by molar-refractivity contribution is 5.72. The molecule has 2 fully saturated rings. The van der Waals surface area contributed by atoms with E-state index in [9.17, 15) is 0 Å². The minimum atomic E-state index is 0.802. The maximum Gasteiger partial charge on any atom is 0.209 e. The predicted molar refractivity (Wildman–Crippen MR) is 96.8 cm³/mol. The maximum atomic E-state index is 5.90. The van der Waals surface area contributed by atoms with Crippen molar-refractivity contribution in [1.82, 2.24) is 14.8 Å². The van der Waals surface area contributed by atoms with E-state index in [0.29, 0.717) is 0 Å². The molecule has 3 heterocycles. The van der Waals surface area contributed by atoms with E-state index in [0.717, 1.165) is 35.4 Å². The summed E-state index contributed by atoms with van der Waals surface area (Å²) in [6.45, 7) is 9.46. The van der Waals surface area contributed by atoms with Gasteiger partial charge < -0.3 is 9.32 Å². The maximum absolute atomic E-state index is 5.90. The van der Waals surface area contributed by atoms with Crippen molar-refractivity contribution in [3.63, 3.8) is 0 Å². The van der Waals surface area contributed by atoms with E-state index < -0.39 is 0 Å². The Morgan fingerprint density at radius 2 is 1.92 bits per heavy atom. The fraction of sp³-hybridized carbons (Fsp3) is 0.650. The first-order valence-corrected chi connectivity index (χ1v) is 9.55. The van der Waals surface area contributed by atoms with Gasteiger partial charge in [-0.3, -0.25) is 4.90 Å². The highest BCUT2D eigenvalue weighted by atomic mass is 16.3.